The lowest BCUT2D eigenvalue weighted by Crippen LogP contribution is -2.46. The Morgan fingerprint density at radius 2 is 1.96 bits per heavy atom. The molecule has 1 aliphatic heterocycles. The van der Waals surface area contributed by atoms with E-state index >= 15 is 0 Å². The highest BCUT2D eigenvalue weighted by molar-refractivity contribution is 7.90. The number of nitrogens with two attached hydrogens (primary N) is 1. The van der Waals surface area contributed by atoms with Gasteiger partial charge in [0.1, 0.15) is 5.54 Å². The molecule has 2 aliphatic rings. The molecule has 2 atom stereocenters. The second-order valence-electron chi connectivity index (χ2n) is 6.85. The van der Waals surface area contributed by atoms with E-state index in [0.717, 1.165) is 25.7 Å². The monoisotopic (exact) mass is 377 g/mol. The molecule has 2 bridgehead atoms. The van der Waals surface area contributed by atoms with E-state index in [2.05, 4.69) is 5.32 Å². The molecule has 1 saturated carbocycles. The number of sulfonamides is 1. The number of hydrogen-bond donors (Lipinski definition) is 3. The van der Waals surface area contributed by atoms with Crippen LogP contribution in [0.1, 0.15) is 42.5 Å². The van der Waals surface area contributed by atoms with Crippen LogP contribution >= 0.6 is 0 Å². The van der Waals surface area contributed by atoms with Gasteiger partial charge in [0, 0.05) is 18.0 Å². The minimum absolute atomic E-state index is 0.140. The van der Waals surface area contributed by atoms with Crippen molar-refractivity contribution in [3.8, 4) is 0 Å². The summed E-state index contributed by atoms with van der Waals surface area (Å²) in [7, 11) is -4.09. The summed E-state index contributed by atoms with van der Waals surface area (Å²) in [5.41, 5.74) is 5.10. The Bertz CT molecular complexity index is 850. The standard InChI is InChI=1S/C18H23N3O4S/c19-18-12-14(18)8-4-2-1-3-5-10-20-16(22)13-7-6-9-15(11-13)26(24,25)21-17(18)23/h4,6-9,11,14H,1-3,5,10,12,19H2,(H,20,22)(H,21,23)/b8-4-/t14?,18-/m1/s1. The highest BCUT2D eigenvalue weighted by Crippen LogP contribution is 2.42. The van der Waals surface area contributed by atoms with Crippen molar-refractivity contribution in [3.63, 3.8) is 0 Å². The van der Waals surface area contributed by atoms with Gasteiger partial charge >= 0.3 is 0 Å². The third kappa shape index (κ3) is 3.96. The van der Waals surface area contributed by atoms with Crippen LogP contribution in [0.25, 0.3) is 0 Å². The smallest absolute Gasteiger partial charge is 0.264 e. The van der Waals surface area contributed by atoms with Gasteiger partial charge in [-0.2, -0.15) is 0 Å². The molecule has 1 heterocycles. The van der Waals surface area contributed by atoms with Gasteiger partial charge < -0.3 is 11.1 Å². The van der Waals surface area contributed by atoms with Crippen LogP contribution in [-0.2, 0) is 14.8 Å². The lowest BCUT2D eigenvalue weighted by Gasteiger charge is -2.12. The van der Waals surface area contributed by atoms with Crippen LogP contribution in [0.15, 0.2) is 41.3 Å². The zero-order valence-corrected chi connectivity index (χ0v) is 15.2. The number of nitrogens with one attached hydrogen (secondary N) is 2. The Labute approximate surface area is 153 Å². The summed E-state index contributed by atoms with van der Waals surface area (Å²) in [5, 5.41) is 2.78. The summed E-state index contributed by atoms with van der Waals surface area (Å²) in [4.78, 5) is 24.4. The number of amides is 2. The average Bonchev–Trinajstić information content (AvgIpc) is 3.28. The summed E-state index contributed by atoms with van der Waals surface area (Å²) in [5.74, 6) is -1.20. The van der Waals surface area contributed by atoms with Crippen LogP contribution < -0.4 is 15.8 Å². The average molecular weight is 377 g/mol. The topological polar surface area (TPSA) is 118 Å². The van der Waals surface area contributed by atoms with Gasteiger partial charge in [-0.1, -0.05) is 24.6 Å². The third-order valence-corrected chi connectivity index (χ3v) is 6.15. The van der Waals surface area contributed by atoms with Crippen molar-refractivity contribution in [1.29, 1.82) is 0 Å². The molecule has 0 spiro atoms. The van der Waals surface area contributed by atoms with E-state index < -0.39 is 21.5 Å². The molecule has 7 nitrogen and oxygen atoms in total. The van der Waals surface area contributed by atoms with Crippen molar-refractivity contribution >= 4 is 21.8 Å². The van der Waals surface area contributed by atoms with Crippen molar-refractivity contribution in [1.82, 2.24) is 10.0 Å². The SMILES string of the molecule is N[C@]12CC1/C=C\CCCCCNC(=O)c1cccc(c1)S(=O)(=O)NC2=O. The van der Waals surface area contributed by atoms with Crippen LogP contribution in [0.3, 0.4) is 0 Å². The normalized spacial score (nSPS) is 30.3. The van der Waals surface area contributed by atoms with Crippen LogP contribution in [0.5, 0.6) is 0 Å². The summed E-state index contributed by atoms with van der Waals surface area (Å²) < 4.78 is 27.0. The molecular weight excluding hydrogens is 354 g/mol. The highest BCUT2D eigenvalue weighted by Gasteiger charge is 2.56. The number of rotatable bonds is 0. The molecule has 2 amide bonds. The van der Waals surface area contributed by atoms with Crippen LogP contribution in [0, 0.1) is 5.92 Å². The van der Waals surface area contributed by atoms with Gasteiger partial charge in [-0.25, -0.2) is 13.1 Å². The number of hydrogen-bond acceptors (Lipinski definition) is 5. The van der Waals surface area contributed by atoms with Crippen molar-refractivity contribution in [2.24, 2.45) is 11.7 Å². The van der Waals surface area contributed by atoms with Gasteiger partial charge in [0.15, 0.2) is 0 Å². The molecule has 3 rings (SSSR count). The molecule has 1 aliphatic carbocycles. The molecular formula is C18H23N3O4S. The molecule has 1 aromatic rings. The van der Waals surface area contributed by atoms with Crippen molar-refractivity contribution < 1.29 is 18.0 Å². The largest absolute Gasteiger partial charge is 0.352 e. The number of carbonyl (C=O) groups excluding carboxylic acids is 2. The number of carbonyl (C=O) groups is 2. The molecule has 26 heavy (non-hydrogen) atoms. The van der Waals surface area contributed by atoms with E-state index in [0.29, 0.717) is 13.0 Å². The fraction of sp³-hybridized carbons (Fsp3) is 0.444. The van der Waals surface area contributed by atoms with Gasteiger partial charge in [-0.15, -0.1) is 0 Å². The molecule has 4 N–H and O–H groups in total. The zero-order valence-electron chi connectivity index (χ0n) is 14.4. The first-order valence-electron chi connectivity index (χ1n) is 8.74. The fourth-order valence-corrected chi connectivity index (χ4v) is 4.11. The van der Waals surface area contributed by atoms with Gasteiger partial charge in [0.2, 0.25) is 0 Å². The highest BCUT2D eigenvalue weighted by atomic mass is 32.2. The van der Waals surface area contributed by atoms with E-state index in [1.807, 2.05) is 16.9 Å². The first kappa shape index (κ1) is 18.6. The second-order valence-corrected chi connectivity index (χ2v) is 8.53. The first-order chi connectivity index (χ1) is 12.3. The van der Waals surface area contributed by atoms with E-state index in [1.165, 1.54) is 24.3 Å². The van der Waals surface area contributed by atoms with E-state index in [-0.39, 0.29) is 22.3 Å². The summed E-state index contributed by atoms with van der Waals surface area (Å²) >= 11 is 0. The van der Waals surface area contributed by atoms with E-state index in [4.69, 9.17) is 5.73 Å². The number of benzene rings is 1. The van der Waals surface area contributed by atoms with Crippen LogP contribution in [-0.4, -0.2) is 32.3 Å². The predicted octanol–water partition coefficient (Wildman–Crippen LogP) is 1.07. The molecule has 1 unspecified atom stereocenters. The lowest BCUT2D eigenvalue weighted by molar-refractivity contribution is -0.121. The Balaban J connectivity index is 1.87. The molecule has 140 valence electrons. The summed E-state index contributed by atoms with van der Waals surface area (Å²) in [6.07, 6.45) is 7.97. The number of fused-ring (bicyclic) bond motifs is 3. The molecule has 0 radical (unpaired) electrons. The zero-order chi connectivity index (χ0) is 18.8. The molecule has 0 saturated heterocycles. The second kappa shape index (κ2) is 7.20. The van der Waals surface area contributed by atoms with Gasteiger partial charge in [0.25, 0.3) is 21.8 Å². The minimum Gasteiger partial charge on any atom is -0.352 e. The quantitative estimate of drug-likeness (QED) is 0.585. The van der Waals surface area contributed by atoms with Gasteiger partial charge in [-0.3, -0.25) is 9.59 Å². The van der Waals surface area contributed by atoms with Crippen LogP contribution in [0.4, 0.5) is 0 Å². The maximum atomic E-state index is 12.5. The Morgan fingerprint density at radius 3 is 2.77 bits per heavy atom. The maximum absolute atomic E-state index is 12.5. The van der Waals surface area contributed by atoms with Crippen molar-refractivity contribution in [2.75, 3.05) is 6.54 Å². The van der Waals surface area contributed by atoms with Crippen molar-refractivity contribution in [2.45, 2.75) is 42.5 Å². The van der Waals surface area contributed by atoms with Crippen LogP contribution in [0.2, 0.25) is 0 Å². The summed E-state index contributed by atoms with van der Waals surface area (Å²) in [6, 6.07) is 5.61. The molecule has 0 aromatic heterocycles. The molecule has 1 fully saturated rings. The van der Waals surface area contributed by atoms with Gasteiger partial charge in [-0.05, 0) is 43.9 Å². The maximum Gasteiger partial charge on any atom is 0.264 e. The predicted molar refractivity (Wildman–Crippen MR) is 96.7 cm³/mol. The fourth-order valence-electron chi connectivity index (χ4n) is 3.01. The van der Waals surface area contributed by atoms with E-state index in [1.54, 1.807) is 0 Å². The Hall–Kier alpha value is -2.19. The van der Waals surface area contributed by atoms with E-state index in [9.17, 15) is 18.0 Å². The summed E-state index contributed by atoms with van der Waals surface area (Å²) in [6.45, 7) is 0.533. The Kier molecular flexibility index (Phi) is 5.15. The minimum atomic E-state index is -4.09. The Morgan fingerprint density at radius 1 is 1.15 bits per heavy atom. The van der Waals surface area contributed by atoms with Gasteiger partial charge in [0.05, 0.1) is 4.90 Å². The third-order valence-electron chi connectivity index (χ3n) is 4.82. The van der Waals surface area contributed by atoms with Crippen molar-refractivity contribution in [3.05, 3.63) is 42.0 Å². The number of allylic oxidation sites excluding steroid dienone is 1. The first-order valence-corrected chi connectivity index (χ1v) is 10.2. The molecule has 8 heteroatoms. The molecule has 1 aromatic carbocycles. The lowest BCUT2D eigenvalue weighted by atomic mass is 10.1.